The van der Waals surface area contributed by atoms with Crippen molar-refractivity contribution in [3.05, 3.63) is 58.2 Å². The van der Waals surface area contributed by atoms with E-state index in [0.29, 0.717) is 16.5 Å². The van der Waals surface area contributed by atoms with E-state index in [1.54, 1.807) is 24.5 Å². The van der Waals surface area contributed by atoms with Gasteiger partial charge in [0.25, 0.3) is 0 Å². The second-order valence-corrected chi connectivity index (χ2v) is 4.47. The number of benzene rings is 1. The average molecular weight is 284 g/mol. The lowest BCUT2D eigenvalue weighted by Gasteiger charge is -2.11. The SMILES string of the molecule is NC(Cc1ccco1)c1ccc(Br)cc1F. The van der Waals surface area contributed by atoms with Gasteiger partial charge < -0.3 is 10.2 Å². The number of rotatable bonds is 3. The third kappa shape index (κ3) is 2.51. The van der Waals surface area contributed by atoms with Crippen molar-refractivity contribution in [2.45, 2.75) is 12.5 Å². The fourth-order valence-electron chi connectivity index (χ4n) is 1.56. The van der Waals surface area contributed by atoms with Crippen molar-refractivity contribution in [2.24, 2.45) is 5.73 Å². The Morgan fingerprint density at radius 1 is 1.38 bits per heavy atom. The lowest BCUT2D eigenvalue weighted by Crippen LogP contribution is -2.14. The smallest absolute Gasteiger partial charge is 0.129 e. The standard InChI is InChI=1S/C12H11BrFNO/c13-8-3-4-10(11(14)6-8)12(15)7-9-2-1-5-16-9/h1-6,12H,7,15H2. The first-order valence-corrected chi connectivity index (χ1v) is 5.69. The van der Waals surface area contributed by atoms with E-state index in [1.165, 1.54) is 6.07 Å². The van der Waals surface area contributed by atoms with Gasteiger partial charge in [-0.1, -0.05) is 22.0 Å². The molecule has 1 unspecified atom stereocenters. The van der Waals surface area contributed by atoms with E-state index < -0.39 is 0 Å². The molecule has 4 heteroatoms. The van der Waals surface area contributed by atoms with Crippen LogP contribution >= 0.6 is 15.9 Å². The molecule has 1 aromatic carbocycles. The minimum absolute atomic E-state index is 0.298. The molecule has 0 bridgehead atoms. The fourth-order valence-corrected chi connectivity index (χ4v) is 1.89. The van der Waals surface area contributed by atoms with Crippen LogP contribution in [0.5, 0.6) is 0 Å². The van der Waals surface area contributed by atoms with Gasteiger partial charge >= 0.3 is 0 Å². The number of hydrogen-bond donors (Lipinski definition) is 1. The highest BCUT2D eigenvalue weighted by atomic mass is 79.9. The van der Waals surface area contributed by atoms with Gasteiger partial charge in [0.05, 0.1) is 6.26 Å². The van der Waals surface area contributed by atoms with E-state index in [-0.39, 0.29) is 11.9 Å². The van der Waals surface area contributed by atoms with Crippen LogP contribution in [0.25, 0.3) is 0 Å². The molecule has 0 aliphatic heterocycles. The van der Waals surface area contributed by atoms with Crippen molar-refractivity contribution in [3.8, 4) is 0 Å². The highest BCUT2D eigenvalue weighted by molar-refractivity contribution is 9.10. The van der Waals surface area contributed by atoms with E-state index in [1.807, 2.05) is 6.07 Å². The van der Waals surface area contributed by atoms with Crippen molar-refractivity contribution in [1.29, 1.82) is 0 Å². The molecule has 1 heterocycles. The molecule has 0 saturated carbocycles. The number of halogens is 2. The summed E-state index contributed by atoms with van der Waals surface area (Å²) in [5.74, 6) is 0.461. The van der Waals surface area contributed by atoms with Crippen LogP contribution in [0, 0.1) is 5.82 Å². The van der Waals surface area contributed by atoms with Gasteiger partial charge in [-0.3, -0.25) is 0 Å². The lowest BCUT2D eigenvalue weighted by molar-refractivity contribution is 0.481. The van der Waals surface area contributed by atoms with Gasteiger partial charge in [-0.25, -0.2) is 4.39 Å². The van der Waals surface area contributed by atoms with E-state index in [4.69, 9.17) is 10.2 Å². The lowest BCUT2D eigenvalue weighted by atomic mass is 10.0. The van der Waals surface area contributed by atoms with Crippen LogP contribution in [0.1, 0.15) is 17.4 Å². The van der Waals surface area contributed by atoms with Gasteiger partial charge in [-0.15, -0.1) is 0 Å². The van der Waals surface area contributed by atoms with Crippen molar-refractivity contribution < 1.29 is 8.81 Å². The molecule has 0 radical (unpaired) electrons. The Morgan fingerprint density at radius 2 is 2.19 bits per heavy atom. The summed E-state index contributed by atoms with van der Waals surface area (Å²) in [5.41, 5.74) is 6.42. The molecule has 1 aromatic heterocycles. The molecule has 2 aromatic rings. The summed E-state index contributed by atoms with van der Waals surface area (Å²) in [6.45, 7) is 0. The van der Waals surface area contributed by atoms with Crippen LogP contribution in [-0.4, -0.2) is 0 Å². The van der Waals surface area contributed by atoms with Gasteiger partial charge in [0.2, 0.25) is 0 Å². The van der Waals surface area contributed by atoms with Crippen molar-refractivity contribution in [3.63, 3.8) is 0 Å². The first-order valence-electron chi connectivity index (χ1n) is 4.89. The van der Waals surface area contributed by atoms with Crippen LogP contribution in [0.3, 0.4) is 0 Å². The molecule has 16 heavy (non-hydrogen) atoms. The van der Waals surface area contributed by atoms with Crippen LogP contribution in [0.15, 0.2) is 45.5 Å². The Labute approximate surface area is 101 Å². The summed E-state index contributed by atoms with van der Waals surface area (Å²) in [4.78, 5) is 0. The predicted octanol–water partition coefficient (Wildman–Crippen LogP) is 3.42. The summed E-state index contributed by atoms with van der Waals surface area (Å²) in [6.07, 6.45) is 2.07. The topological polar surface area (TPSA) is 39.2 Å². The van der Waals surface area contributed by atoms with Crippen LogP contribution in [-0.2, 0) is 6.42 Å². The first-order chi connectivity index (χ1) is 7.66. The van der Waals surface area contributed by atoms with Gasteiger partial charge in [0.15, 0.2) is 0 Å². The molecule has 2 rings (SSSR count). The summed E-state index contributed by atoms with van der Waals surface area (Å²) >= 11 is 3.21. The quantitative estimate of drug-likeness (QED) is 0.938. The number of furan rings is 1. The molecule has 0 aliphatic carbocycles. The molecular formula is C12H11BrFNO. The summed E-state index contributed by atoms with van der Waals surface area (Å²) in [5, 5.41) is 0. The van der Waals surface area contributed by atoms with Crippen molar-refractivity contribution in [2.75, 3.05) is 0 Å². The minimum atomic E-state index is -0.390. The summed E-state index contributed by atoms with van der Waals surface area (Å²) in [7, 11) is 0. The van der Waals surface area contributed by atoms with Crippen molar-refractivity contribution in [1.82, 2.24) is 0 Å². The molecule has 2 nitrogen and oxygen atoms in total. The van der Waals surface area contributed by atoms with Gasteiger partial charge in [-0.05, 0) is 24.3 Å². The predicted molar refractivity (Wildman–Crippen MR) is 63.4 cm³/mol. The largest absolute Gasteiger partial charge is 0.469 e. The molecule has 0 amide bonds. The molecule has 0 spiro atoms. The van der Waals surface area contributed by atoms with Crippen LogP contribution in [0.2, 0.25) is 0 Å². The molecule has 0 fully saturated rings. The maximum atomic E-state index is 13.6. The molecule has 1 atom stereocenters. The Hall–Kier alpha value is -1.13. The molecule has 84 valence electrons. The van der Waals surface area contributed by atoms with E-state index in [9.17, 15) is 4.39 Å². The Morgan fingerprint density at radius 3 is 2.81 bits per heavy atom. The monoisotopic (exact) mass is 283 g/mol. The Balaban J connectivity index is 2.17. The molecule has 0 aliphatic rings. The summed E-state index contributed by atoms with van der Waals surface area (Å²) < 4.78 is 19.5. The van der Waals surface area contributed by atoms with Crippen LogP contribution < -0.4 is 5.73 Å². The van der Waals surface area contributed by atoms with E-state index in [2.05, 4.69) is 15.9 Å². The molecular weight excluding hydrogens is 273 g/mol. The second-order valence-electron chi connectivity index (χ2n) is 3.56. The van der Waals surface area contributed by atoms with Gasteiger partial charge in [-0.2, -0.15) is 0 Å². The number of nitrogens with two attached hydrogens (primary N) is 1. The molecule has 2 N–H and O–H groups in total. The van der Waals surface area contributed by atoms with E-state index >= 15 is 0 Å². The maximum Gasteiger partial charge on any atom is 0.129 e. The highest BCUT2D eigenvalue weighted by Crippen LogP contribution is 2.22. The van der Waals surface area contributed by atoms with Crippen molar-refractivity contribution >= 4 is 15.9 Å². The van der Waals surface area contributed by atoms with Gasteiger partial charge in [0.1, 0.15) is 11.6 Å². The maximum absolute atomic E-state index is 13.6. The molecule has 0 saturated heterocycles. The number of hydrogen-bond acceptors (Lipinski definition) is 2. The third-order valence-electron chi connectivity index (χ3n) is 2.36. The highest BCUT2D eigenvalue weighted by Gasteiger charge is 2.13. The zero-order chi connectivity index (χ0) is 11.5. The van der Waals surface area contributed by atoms with Crippen LogP contribution in [0.4, 0.5) is 4.39 Å². The zero-order valence-corrected chi connectivity index (χ0v) is 10.1. The zero-order valence-electron chi connectivity index (χ0n) is 8.49. The first kappa shape index (κ1) is 11.4. The fraction of sp³-hybridized carbons (Fsp3) is 0.167. The average Bonchev–Trinajstić information content (AvgIpc) is 2.70. The Bertz CT molecular complexity index is 470. The third-order valence-corrected chi connectivity index (χ3v) is 2.86. The Kier molecular flexibility index (Phi) is 3.41. The minimum Gasteiger partial charge on any atom is -0.469 e. The van der Waals surface area contributed by atoms with E-state index in [0.717, 1.165) is 5.76 Å². The summed E-state index contributed by atoms with van der Waals surface area (Å²) in [6, 6.07) is 8.11. The second kappa shape index (κ2) is 4.80. The normalized spacial score (nSPS) is 12.7. The van der Waals surface area contributed by atoms with Gasteiger partial charge in [0, 0.05) is 22.5 Å².